The number of carbonyl (C=O) groups is 2. The third-order valence-electron chi connectivity index (χ3n) is 4.63. The largest absolute Gasteiger partial charge is 0.268 e. The highest BCUT2D eigenvalue weighted by atomic mass is 16.2. The zero-order chi connectivity index (χ0) is 17.0. The minimum Gasteiger partial charge on any atom is -0.268 e. The number of hydrogen-bond donors (Lipinski definition) is 0. The third-order valence-corrected chi connectivity index (χ3v) is 4.63. The number of rotatable bonds is 1. The van der Waals surface area contributed by atoms with Crippen LogP contribution in [0.1, 0.15) is 20.7 Å². The summed E-state index contributed by atoms with van der Waals surface area (Å²) in [6.07, 6.45) is 1.67. The maximum atomic E-state index is 13.1. The van der Waals surface area contributed by atoms with Crippen molar-refractivity contribution in [3.63, 3.8) is 0 Å². The molecule has 2 heterocycles. The van der Waals surface area contributed by atoms with Crippen molar-refractivity contribution >= 4 is 39.2 Å². The molecule has 1 aliphatic heterocycles. The van der Waals surface area contributed by atoms with Crippen LogP contribution in [0.3, 0.4) is 0 Å². The molecule has 0 atom stereocenters. The van der Waals surface area contributed by atoms with Gasteiger partial charge in [0, 0.05) is 11.6 Å². The maximum absolute atomic E-state index is 13.1. The lowest BCUT2D eigenvalue weighted by molar-refractivity contribution is 0.0927. The summed E-state index contributed by atoms with van der Waals surface area (Å²) >= 11 is 0. The normalized spacial score (nSPS) is 13.7. The van der Waals surface area contributed by atoms with Gasteiger partial charge in [-0.2, -0.15) is 0 Å². The molecule has 0 saturated carbocycles. The van der Waals surface area contributed by atoms with E-state index in [1.165, 1.54) is 4.90 Å². The standard InChI is InChI=1S/C21H12N2O2/c24-20-16-11-10-13-5-1-2-8-15(13)18(16)21(25)23(20)17-9-3-6-14-7-4-12-22-19(14)17/h1-12H. The number of aromatic nitrogens is 1. The molecule has 4 nitrogen and oxygen atoms in total. The van der Waals surface area contributed by atoms with Crippen LogP contribution in [0.2, 0.25) is 0 Å². The molecule has 5 rings (SSSR count). The fraction of sp³-hybridized carbons (Fsp3) is 0. The first-order valence-electron chi connectivity index (χ1n) is 8.00. The number of carbonyl (C=O) groups excluding carboxylic acids is 2. The van der Waals surface area contributed by atoms with Gasteiger partial charge in [0.05, 0.1) is 22.3 Å². The summed E-state index contributed by atoms with van der Waals surface area (Å²) in [4.78, 5) is 31.7. The summed E-state index contributed by atoms with van der Waals surface area (Å²) in [5.41, 5.74) is 2.07. The second-order valence-corrected chi connectivity index (χ2v) is 6.01. The highest BCUT2D eigenvalue weighted by Crippen LogP contribution is 2.35. The molecule has 4 heteroatoms. The predicted octanol–water partition coefficient (Wildman–Crippen LogP) is 4.19. The van der Waals surface area contributed by atoms with E-state index in [1.807, 2.05) is 54.6 Å². The van der Waals surface area contributed by atoms with Crippen LogP contribution in [-0.4, -0.2) is 16.8 Å². The molecule has 118 valence electrons. The number of benzene rings is 3. The molecule has 3 aromatic carbocycles. The SMILES string of the molecule is O=C1c2ccc3ccccc3c2C(=O)N1c1cccc2cccnc12. The fourth-order valence-corrected chi connectivity index (χ4v) is 3.49. The van der Waals surface area contributed by atoms with Gasteiger partial charge in [-0.15, -0.1) is 0 Å². The molecule has 0 N–H and O–H groups in total. The Morgan fingerprint density at radius 3 is 2.44 bits per heavy atom. The molecular weight excluding hydrogens is 312 g/mol. The van der Waals surface area contributed by atoms with Crippen LogP contribution in [0.25, 0.3) is 21.7 Å². The lowest BCUT2D eigenvalue weighted by atomic mass is 10.0. The summed E-state index contributed by atoms with van der Waals surface area (Å²) in [6, 6.07) is 20.5. The van der Waals surface area contributed by atoms with Crippen LogP contribution in [0.15, 0.2) is 72.9 Å². The molecule has 0 bridgehead atoms. The topological polar surface area (TPSA) is 50.3 Å². The van der Waals surface area contributed by atoms with E-state index in [2.05, 4.69) is 4.98 Å². The van der Waals surface area contributed by atoms with Gasteiger partial charge >= 0.3 is 0 Å². The van der Waals surface area contributed by atoms with E-state index >= 15 is 0 Å². The summed E-state index contributed by atoms with van der Waals surface area (Å²) in [5.74, 6) is -0.598. The first-order chi connectivity index (χ1) is 12.3. The van der Waals surface area contributed by atoms with E-state index in [4.69, 9.17) is 0 Å². The summed E-state index contributed by atoms with van der Waals surface area (Å²) in [7, 11) is 0. The Labute approximate surface area is 143 Å². The molecule has 1 aromatic heterocycles. The van der Waals surface area contributed by atoms with Crippen LogP contribution in [0, 0.1) is 0 Å². The zero-order valence-electron chi connectivity index (χ0n) is 13.1. The Hall–Kier alpha value is -3.53. The molecule has 0 spiro atoms. The van der Waals surface area contributed by atoms with Crippen molar-refractivity contribution in [3.05, 3.63) is 84.1 Å². The molecule has 1 aliphatic rings. The minimum atomic E-state index is -0.302. The number of anilines is 1. The number of imide groups is 1. The monoisotopic (exact) mass is 324 g/mol. The molecule has 0 unspecified atom stereocenters. The fourth-order valence-electron chi connectivity index (χ4n) is 3.49. The summed E-state index contributed by atoms with van der Waals surface area (Å²) in [6.45, 7) is 0. The van der Waals surface area contributed by atoms with Gasteiger partial charge < -0.3 is 0 Å². The van der Waals surface area contributed by atoms with Crippen LogP contribution in [-0.2, 0) is 0 Å². The maximum Gasteiger partial charge on any atom is 0.266 e. The number of para-hydroxylation sites is 1. The first kappa shape index (κ1) is 13.9. The Morgan fingerprint density at radius 2 is 1.52 bits per heavy atom. The number of nitrogens with zero attached hydrogens (tertiary/aromatic N) is 2. The van der Waals surface area contributed by atoms with Gasteiger partial charge in [-0.25, -0.2) is 4.90 Å². The van der Waals surface area contributed by atoms with Crippen molar-refractivity contribution in [3.8, 4) is 0 Å². The van der Waals surface area contributed by atoms with Gasteiger partial charge in [0.25, 0.3) is 11.8 Å². The molecule has 4 aromatic rings. The van der Waals surface area contributed by atoms with Crippen molar-refractivity contribution < 1.29 is 9.59 Å². The van der Waals surface area contributed by atoms with E-state index in [-0.39, 0.29) is 11.8 Å². The van der Waals surface area contributed by atoms with Crippen LogP contribution >= 0.6 is 0 Å². The van der Waals surface area contributed by atoms with Crippen molar-refractivity contribution in [2.75, 3.05) is 4.90 Å². The summed E-state index contributed by atoms with van der Waals surface area (Å²) in [5, 5.41) is 2.63. The van der Waals surface area contributed by atoms with Crippen molar-refractivity contribution in [2.24, 2.45) is 0 Å². The number of amides is 2. The Kier molecular flexibility index (Phi) is 2.76. The smallest absolute Gasteiger partial charge is 0.266 e. The van der Waals surface area contributed by atoms with Crippen LogP contribution in [0.5, 0.6) is 0 Å². The third kappa shape index (κ3) is 1.85. The van der Waals surface area contributed by atoms with Gasteiger partial charge in [-0.1, -0.05) is 48.5 Å². The van der Waals surface area contributed by atoms with E-state index in [0.717, 1.165) is 16.2 Å². The van der Waals surface area contributed by atoms with Gasteiger partial charge in [0.15, 0.2) is 0 Å². The highest BCUT2D eigenvalue weighted by molar-refractivity contribution is 6.38. The van der Waals surface area contributed by atoms with E-state index in [0.29, 0.717) is 22.3 Å². The van der Waals surface area contributed by atoms with E-state index in [9.17, 15) is 9.59 Å². The molecule has 0 saturated heterocycles. The lowest BCUT2D eigenvalue weighted by Gasteiger charge is -2.15. The number of pyridine rings is 1. The summed E-state index contributed by atoms with van der Waals surface area (Å²) < 4.78 is 0. The van der Waals surface area contributed by atoms with Crippen molar-refractivity contribution in [1.29, 1.82) is 0 Å². The van der Waals surface area contributed by atoms with Gasteiger partial charge in [0.2, 0.25) is 0 Å². The highest BCUT2D eigenvalue weighted by Gasteiger charge is 2.38. The van der Waals surface area contributed by atoms with Gasteiger partial charge in [-0.3, -0.25) is 14.6 Å². The average Bonchev–Trinajstić information content (AvgIpc) is 2.92. The van der Waals surface area contributed by atoms with Crippen LogP contribution < -0.4 is 4.90 Å². The van der Waals surface area contributed by atoms with E-state index in [1.54, 1.807) is 18.3 Å². The number of fused-ring (bicyclic) bond motifs is 4. The molecule has 0 aliphatic carbocycles. The average molecular weight is 324 g/mol. The van der Waals surface area contributed by atoms with E-state index < -0.39 is 0 Å². The second-order valence-electron chi connectivity index (χ2n) is 6.01. The van der Waals surface area contributed by atoms with Crippen molar-refractivity contribution in [1.82, 2.24) is 4.98 Å². The second kappa shape index (κ2) is 4.98. The molecular formula is C21H12N2O2. The Bertz CT molecular complexity index is 1190. The zero-order valence-corrected chi connectivity index (χ0v) is 13.1. The molecule has 25 heavy (non-hydrogen) atoms. The van der Waals surface area contributed by atoms with Crippen LogP contribution in [0.4, 0.5) is 5.69 Å². The van der Waals surface area contributed by atoms with Gasteiger partial charge in [-0.05, 0) is 29.0 Å². The Morgan fingerprint density at radius 1 is 0.720 bits per heavy atom. The van der Waals surface area contributed by atoms with Gasteiger partial charge in [0.1, 0.15) is 0 Å². The predicted molar refractivity (Wildman–Crippen MR) is 96.8 cm³/mol. The molecule has 0 radical (unpaired) electrons. The lowest BCUT2D eigenvalue weighted by Crippen LogP contribution is -2.29. The Balaban J connectivity index is 1.78. The quantitative estimate of drug-likeness (QED) is 0.493. The molecule has 0 fully saturated rings. The minimum absolute atomic E-state index is 0.296. The number of hydrogen-bond acceptors (Lipinski definition) is 3. The first-order valence-corrected chi connectivity index (χ1v) is 8.00. The van der Waals surface area contributed by atoms with Crippen molar-refractivity contribution in [2.45, 2.75) is 0 Å². The molecule has 2 amide bonds.